The van der Waals surface area contributed by atoms with Crippen molar-refractivity contribution in [2.45, 2.75) is 25.0 Å². The molecule has 136 valence electrons. The van der Waals surface area contributed by atoms with Crippen molar-refractivity contribution in [2.75, 3.05) is 14.2 Å². The molecule has 0 aromatic heterocycles. The molecule has 6 heteroatoms. The molecule has 0 bridgehead atoms. The second kappa shape index (κ2) is 7.91. The Morgan fingerprint density at radius 3 is 2.31 bits per heavy atom. The van der Waals surface area contributed by atoms with Crippen molar-refractivity contribution in [3.63, 3.8) is 0 Å². The van der Waals surface area contributed by atoms with Gasteiger partial charge >= 0.3 is 5.97 Å². The van der Waals surface area contributed by atoms with Gasteiger partial charge in [0.25, 0.3) is 5.91 Å². The first kappa shape index (κ1) is 17.8. The van der Waals surface area contributed by atoms with E-state index in [0.29, 0.717) is 17.1 Å². The lowest BCUT2D eigenvalue weighted by Gasteiger charge is -2.18. The third kappa shape index (κ3) is 4.14. The molecule has 2 aromatic carbocycles. The number of methoxy groups -OCH3 is 2. The van der Waals surface area contributed by atoms with Crippen LogP contribution in [-0.4, -0.2) is 32.1 Å². The molecule has 0 radical (unpaired) electrons. The number of amides is 1. The smallest absolute Gasteiger partial charge is 0.339 e. The first-order valence-electron chi connectivity index (χ1n) is 8.40. The number of benzene rings is 2. The van der Waals surface area contributed by atoms with E-state index in [4.69, 9.17) is 14.2 Å². The number of hydrogen-bond acceptors (Lipinski definition) is 5. The molecule has 2 aromatic rings. The van der Waals surface area contributed by atoms with E-state index in [2.05, 4.69) is 5.32 Å². The molecule has 0 saturated heterocycles. The van der Waals surface area contributed by atoms with Crippen LogP contribution in [0.2, 0.25) is 0 Å². The van der Waals surface area contributed by atoms with Gasteiger partial charge in [-0.3, -0.25) is 4.79 Å². The molecule has 26 heavy (non-hydrogen) atoms. The minimum absolute atomic E-state index is 0.175. The monoisotopic (exact) mass is 355 g/mol. The summed E-state index contributed by atoms with van der Waals surface area (Å²) >= 11 is 0. The van der Waals surface area contributed by atoms with Crippen molar-refractivity contribution >= 4 is 11.9 Å². The Morgan fingerprint density at radius 2 is 1.69 bits per heavy atom. The Bertz CT molecular complexity index is 786. The minimum Gasteiger partial charge on any atom is -0.493 e. The molecule has 6 nitrogen and oxygen atoms in total. The third-order valence-electron chi connectivity index (χ3n) is 4.11. The Hall–Kier alpha value is -3.02. The highest BCUT2D eigenvalue weighted by molar-refractivity contribution is 5.93. The zero-order valence-corrected chi connectivity index (χ0v) is 14.7. The fourth-order valence-corrected chi connectivity index (χ4v) is 2.54. The van der Waals surface area contributed by atoms with Gasteiger partial charge < -0.3 is 19.5 Å². The normalized spacial score (nSPS) is 14.2. The second-order valence-corrected chi connectivity index (χ2v) is 6.05. The number of rotatable bonds is 7. The molecule has 0 aliphatic heterocycles. The van der Waals surface area contributed by atoms with Gasteiger partial charge in [0.2, 0.25) is 6.10 Å². The summed E-state index contributed by atoms with van der Waals surface area (Å²) in [5, 5.41) is 2.89. The molecule has 1 aliphatic rings. The van der Waals surface area contributed by atoms with E-state index in [9.17, 15) is 9.59 Å². The highest BCUT2D eigenvalue weighted by Crippen LogP contribution is 2.29. The quantitative estimate of drug-likeness (QED) is 0.773. The van der Waals surface area contributed by atoms with Crippen molar-refractivity contribution in [3.8, 4) is 11.5 Å². The molecular formula is C20H21NO5. The van der Waals surface area contributed by atoms with E-state index >= 15 is 0 Å². The number of carbonyl (C=O) groups excluding carboxylic acids is 2. The number of carbonyl (C=O) groups is 2. The SMILES string of the molecule is COc1ccc(C(=O)OC(C(=O)NC2CC2)c2ccccc2)cc1OC. The van der Waals surface area contributed by atoms with Gasteiger partial charge in [0.05, 0.1) is 19.8 Å². The Morgan fingerprint density at radius 1 is 1.00 bits per heavy atom. The van der Waals surface area contributed by atoms with E-state index in [1.54, 1.807) is 36.4 Å². The summed E-state index contributed by atoms with van der Waals surface area (Å²) in [5.74, 6) is 0.00839. The maximum absolute atomic E-state index is 12.6. The average molecular weight is 355 g/mol. The van der Waals surface area contributed by atoms with E-state index in [1.807, 2.05) is 6.07 Å². The lowest BCUT2D eigenvalue weighted by atomic mass is 10.1. The fraction of sp³-hybridized carbons (Fsp3) is 0.300. The number of hydrogen-bond donors (Lipinski definition) is 1. The van der Waals surface area contributed by atoms with Crippen molar-refractivity contribution in [2.24, 2.45) is 0 Å². The van der Waals surface area contributed by atoms with E-state index < -0.39 is 12.1 Å². The van der Waals surface area contributed by atoms with Gasteiger partial charge in [-0.05, 0) is 31.0 Å². The van der Waals surface area contributed by atoms with Gasteiger partial charge in [-0.25, -0.2) is 4.79 Å². The van der Waals surface area contributed by atoms with Gasteiger partial charge in [-0.2, -0.15) is 0 Å². The van der Waals surface area contributed by atoms with E-state index in [-0.39, 0.29) is 17.5 Å². The Kier molecular flexibility index (Phi) is 5.41. The zero-order valence-electron chi connectivity index (χ0n) is 14.7. The maximum Gasteiger partial charge on any atom is 0.339 e. The number of esters is 1. The highest BCUT2D eigenvalue weighted by atomic mass is 16.5. The topological polar surface area (TPSA) is 73.9 Å². The molecule has 1 unspecified atom stereocenters. The van der Waals surface area contributed by atoms with Gasteiger partial charge in [0.1, 0.15) is 0 Å². The molecule has 0 spiro atoms. The van der Waals surface area contributed by atoms with Gasteiger partial charge in [-0.15, -0.1) is 0 Å². The van der Waals surface area contributed by atoms with Crippen molar-refractivity contribution in [1.82, 2.24) is 5.32 Å². The number of ether oxygens (including phenoxy) is 3. The van der Waals surface area contributed by atoms with Crippen LogP contribution in [0.1, 0.15) is 34.9 Å². The predicted molar refractivity (Wildman–Crippen MR) is 95.3 cm³/mol. The van der Waals surface area contributed by atoms with Crippen LogP contribution >= 0.6 is 0 Å². The molecule has 1 N–H and O–H groups in total. The molecule has 1 aliphatic carbocycles. The minimum atomic E-state index is -1.00. The Balaban J connectivity index is 1.81. The van der Waals surface area contributed by atoms with Crippen molar-refractivity contribution < 1.29 is 23.8 Å². The first-order chi connectivity index (χ1) is 12.6. The molecule has 3 rings (SSSR count). The summed E-state index contributed by atoms with van der Waals surface area (Å²) < 4.78 is 15.9. The summed E-state index contributed by atoms with van der Waals surface area (Å²) in [6.07, 6.45) is 0.908. The molecule has 1 atom stereocenters. The van der Waals surface area contributed by atoms with Crippen molar-refractivity contribution in [1.29, 1.82) is 0 Å². The van der Waals surface area contributed by atoms with Crippen LogP contribution in [0.15, 0.2) is 48.5 Å². The number of nitrogens with one attached hydrogen (secondary N) is 1. The van der Waals surface area contributed by atoms with Crippen LogP contribution in [0.3, 0.4) is 0 Å². The highest BCUT2D eigenvalue weighted by Gasteiger charge is 2.31. The molecule has 0 heterocycles. The predicted octanol–water partition coefficient (Wildman–Crippen LogP) is 2.88. The molecule has 1 saturated carbocycles. The maximum atomic E-state index is 12.6. The van der Waals surface area contributed by atoms with Gasteiger partial charge in [-0.1, -0.05) is 30.3 Å². The van der Waals surface area contributed by atoms with E-state index in [0.717, 1.165) is 12.8 Å². The summed E-state index contributed by atoms with van der Waals surface area (Å²) in [6, 6.07) is 13.9. The lowest BCUT2D eigenvalue weighted by Crippen LogP contribution is -2.33. The Labute approximate surface area is 152 Å². The van der Waals surface area contributed by atoms with Crippen LogP contribution in [0.4, 0.5) is 0 Å². The third-order valence-corrected chi connectivity index (χ3v) is 4.11. The first-order valence-corrected chi connectivity index (χ1v) is 8.40. The largest absolute Gasteiger partial charge is 0.493 e. The van der Waals surface area contributed by atoms with Crippen LogP contribution in [0.5, 0.6) is 11.5 Å². The summed E-state index contributed by atoms with van der Waals surface area (Å²) in [6.45, 7) is 0. The molecule has 1 fully saturated rings. The summed E-state index contributed by atoms with van der Waals surface area (Å²) in [7, 11) is 3.01. The van der Waals surface area contributed by atoms with Gasteiger partial charge in [0, 0.05) is 11.6 Å². The zero-order chi connectivity index (χ0) is 18.5. The average Bonchev–Trinajstić information content (AvgIpc) is 3.49. The molecular weight excluding hydrogens is 334 g/mol. The van der Waals surface area contributed by atoms with Crippen LogP contribution in [0.25, 0.3) is 0 Å². The van der Waals surface area contributed by atoms with E-state index in [1.165, 1.54) is 20.3 Å². The lowest BCUT2D eigenvalue weighted by molar-refractivity contribution is -0.130. The van der Waals surface area contributed by atoms with Crippen molar-refractivity contribution in [3.05, 3.63) is 59.7 Å². The van der Waals surface area contributed by atoms with Crippen LogP contribution in [0, 0.1) is 0 Å². The van der Waals surface area contributed by atoms with Gasteiger partial charge in [0.15, 0.2) is 11.5 Å². The van der Waals surface area contributed by atoms with Crippen LogP contribution in [-0.2, 0) is 9.53 Å². The summed E-state index contributed by atoms with van der Waals surface area (Å²) in [5.41, 5.74) is 0.905. The summed E-state index contributed by atoms with van der Waals surface area (Å²) in [4.78, 5) is 25.2. The second-order valence-electron chi connectivity index (χ2n) is 6.05. The molecule has 1 amide bonds. The van der Waals surface area contributed by atoms with Crippen LogP contribution < -0.4 is 14.8 Å². The standard InChI is InChI=1S/C20H21NO5/c1-24-16-11-8-14(12-17(16)25-2)20(23)26-18(13-6-4-3-5-7-13)19(22)21-15-9-10-15/h3-8,11-12,15,18H,9-10H2,1-2H3,(H,21,22). The fourth-order valence-electron chi connectivity index (χ4n) is 2.54.